The second kappa shape index (κ2) is 5.72. The summed E-state index contributed by atoms with van der Waals surface area (Å²) in [5, 5.41) is 23.4. The Labute approximate surface area is 125 Å². The van der Waals surface area contributed by atoms with Gasteiger partial charge in [-0.05, 0) is 36.7 Å². The first-order valence-corrected chi connectivity index (χ1v) is 7.26. The Morgan fingerprint density at radius 2 is 2.14 bits per heavy atom. The highest BCUT2D eigenvalue weighted by Gasteiger charge is 2.32. The summed E-state index contributed by atoms with van der Waals surface area (Å²) in [6.07, 6.45) is 3.31. The molecule has 5 nitrogen and oxygen atoms in total. The Hall–Kier alpha value is -2.09. The number of non-ortho nitro benzene ring substituents is 1. The van der Waals surface area contributed by atoms with Crippen molar-refractivity contribution >= 4 is 11.4 Å². The van der Waals surface area contributed by atoms with Gasteiger partial charge in [0.1, 0.15) is 6.07 Å². The van der Waals surface area contributed by atoms with Crippen molar-refractivity contribution in [3.63, 3.8) is 0 Å². The first kappa shape index (κ1) is 15.3. The zero-order chi connectivity index (χ0) is 15.6. The maximum Gasteiger partial charge on any atom is 0.270 e. The Bertz CT molecular complexity index is 590. The van der Waals surface area contributed by atoms with Gasteiger partial charge in [-0.2, -0.15) is 5.26 Å². The molecule has 0 spiro atoms. The Morgan fingerprint density at radius 3 is 2.71 bits per heavy atom. The van der Waals surface area contributed by atoms with Gasteiger partial charge < -0.3 is 5.32 Å². The molecule has 1 aromatic rings. The van der Waals surface area contributed by atoms with Crippen molar-refractivity contribution in [1.29, 1.82) is 5.26 Å². The molecule has 112 valence electrons. The fourth-order valence-electron chi connectivity index (χ4n) is 3.54. The average Bonchev–Trinajstić information content (AvgIpc) is 2.36. The summed E-state index contributed by atoms with van der Waals surface area (Å²) >= 11 is 0. The third kappa shape index (κ3) is 3.72. The van der Waals surface area contributed by atoms with E-state index in [1.807, 2.05) is 6.07 Å². The molecule has 0 radical (unpaired) electrons. The molecule has 0 bridgehead atoms. The summed E-state index contributed by atoms with van der Waals surface area (Å²) in [7, 11) is 0. The van der Waals surface area contributed by atoms with E-state index in [1.165, 1.54) is 18.6 Å². The van der Waals surface area contributed by atoms with E-state index in [2.05, 4.69) is 26.1 Å². The van der Waals surface area contributed by atoms with Crippen molar-refractivity contribution in [2.45, 2.75) is 46.1 Å². The van der Waals surface area contributed by atoms with Gasteiger partial charge in [0.2, 0.25) is 0 Å². The summed E-state index contributed by atoms with van der Waals surface area (Å²) in [6, 6.07) is 6.77. The van der Waals surface area contributed by atoms with Crippen LogP contribution in [0.1, 0.15) is 45.6 Å². The smallest absolute Gasteiger partial charge is 0.270 e. The topological polar surface area (TPSA) is 79.0 Å². The van der Waals surface area contributed by atoms with Crippen LogP contribution in [-0.4, -0.2) is 11.0 Å². The molecule has 21 heavy (non-hydrogen) atoms. The molecule has 0 heterocycles. The van der Waals surface area contributed by atoms with Crippen LogP contribution in [0, 0.1) is 32.8 Å². The average molecular weight is 287 g/mol. The molecule has 2 rings (SSSR count). The lowest BCUT2D eigenvalue weighted by molar-refractivity contribution is -0.384. The maximum atomic E-state index is 10.8. The number of nitro benzene ring substituents is 1. The lowest BCUT2D eigenvalue weighted by Crippen LogP contribution is -2.35. The number of hydrogen-bond donors (Lipinski definition) is 1. The van der Waals surface area contributed by atoms with Gasteiger partial charge in [0.25, 0.3) is 5.69 Å². The van der Waals surface area contributed by atoms with Crippen LogP contribution in [0.3, 0.4) is 0 Å². The van der Waals surface area contributed by atoms with Gasteiger partial charge in [0.15, 0.2) is 0 Å². The third-order valence-electron chi connectivity index (χ3n) is 4.08. The van der Waals surface area contributed by atoms with Crippen LogP contribution in [-0.2, 0) is 0 Å². The standard InChI is InChI=1S/C16H21N3O2/c1-11-6-13(9-16(2,3)8-11)18-15-5-4-14(19(20)21)7-12(15)10-17/h4-5,7,11,13,18H,6,8-9H2,1-3H3. The molecular weight excluding hydrogens is 266 g/mol. The van der Waals surface area contributed by atoms with Gasteiger partial charge in [0.05, 0.1) is 16.2 Å². The van der Waals surface area contributed by atoms with E-state index in [1.54, 1.807) is 6.07 Å². The van der Waals surface area contributed by atoms with E-state index in [9.17, 15) is 15.4 Å². The van der Waals surface area contributed by atoms with E-state index in [4.69, 9.17) is 0 Å². The third-order valence-corrected chi connectivity index (χ3v) is 4.08. The van der Waals surface area contributed by atoms with Gasteiger partial charge in [-0.15, -0.1) is 0 Å². The van der Waals surface area contributed by atoms with E-state index in [0.717, 1.165) is 12.8 Å². The predicted octanol–water partition coefficient (Wildman–Crippen LogP) is 4.09. The molecule has 1 aliphatic carbocycles. The highest BCUT2D eigenvalue weighted by Crippen LogP contribution is 2.39. The van der Waals surface area contributed by atoms with E-state index >= 15 is 0 Å². The monoisotopic (exact) mass is 287 g/mol. The zero-order valence-electron chi connectivity index (χ0n) is 12.7. The minimum atomic E-state index is -0.476. The molecule has 0 amide bonds. The number of nitro groups is 1. The van der Waals surface area contributed by atoms with Crippen LogP contribution in [0.2, 0.25) is 0 Å². The van der Waals surface area contributed by atoms with Gasteiger partial charge >= 0.3 is 0 Å². The quantitative estimate of drug-likeness (QED) is 0.670. The second-order valence-corrected chi connectivity index (χ2v) is 6.85. The molecule has 1 fully saturated rings. The van der Waals surface area contributed by atoms with E-state index < -0.39 is 4.92 Å². The molecule has 0 aromatic heterocycles. The van der Waals surface area contributed by atoms with Crippen molar-refractivity contribution < 1.29 is 4.92 Å². The first-order chi connectivity index (χ1) is 9.80. The van der Waals surface area contributed by atoms with E-state index in [0.29, 0.717) is 23.2 Å². The summed E-state index contributed by atoms with van der Waals surface area (Å²) in [4.78, 5) is 10.3. The molecular formula is C16H21N3O2. The predicted molar refractivity (Wildman–Crippen MR) is 82.0 cm³/mol. The van der Waals surface area contributed by atoms with Gasteiger partial charge in [-0.1, -0.05) is 20.8 Å². The van der Waals surface area contributed by atoms with Crippen LogP contribution >= 0.6 is 0 Å². The van der Waals surface area contributed by atoms with Crippen molar-refractivity contribution in [3.8, 4) is 6.07 Å². The molecule has 1 saturated carbocycles. The lowest BCUT2D eigenvalue weighted by Gasteiger charge is -2.39. The van der Waals surface area contributed by atoms with Gasteiger partial charge in [-0.3, -0.25) is 10.1 Å². The highest BCUT2D eigenvalue weighted by atomic mass is 16.6. The Balaban J connectivity index is 2.20. The first-order valence-electron chi connectivity index (χ1n) is 7.26. The van der Waals surface area contributed by atoms with Crippen LogP contribution < -0.4 is 5.32 Å². The molecule has 0 saturated heterocycles. The van der Waals surface area contributed by atoms with Crippen molar-refractivity contribution in [1.82, 2.24) is 0 Å². The minimum absolute atomic E-state index is 0.0468. The molecule has 1 aliphatic rings. The Morgan fingerprint density at radius 1 is 1.43 bits per heavy atom. The summed E-state index contributed by atoms with van der Waals surface area (Å²) < 4.78 is 0. The number of rotatable bonds is 3. The zero-order valence-corrected chi connectivity index (χ0v) is 12.7. The number of nitrogens with zero attached hydrogens (tertiary/aromatic N) is 2. The highest BCUT2D eigenvalue weighted by molar-refractivity contribution is 5.61. The van der Waals surface area contributed by atoms with Crippen LogP contribution in [0.4, 0.5) is 11.4 Å². The minimum Gasteiger partial charge on any atom is -0.381 e. The van der Waals surface area contributed by atoms with Crippen LogP contribution in [0.15, 0.2) is 18.2 Å². The normalized spacial score (nSPS) is 24.1. The molecule has 0 aliphatic heterocycles. The van der Waals surface area contributed by atoms with Crippen molar-refractivity contribution in [3.05, 3.63) is 33.9 Å². The summed E-state index contributed by atoms with van der Waals surface area (Å²) in [5.41, 5.74) is 1.26. The van der Waals surface area contributed by atoms with Crippen LogP contribution in [0.5, 0.6) is 0 Å². The summed E-state index contributed by atoms with van der Waals surface area (Å²) in [6.45, 7) is 6.77. The number of nitriles is 1. The van der Waals surface area contributed by atoms with Crippen molar-refractivity contribution in [2.24, 2.45) is 11.3 Å². The lowest BCUT2D eigenvalue weighted by atomic mass is 9.70. The second-order valence-electron chi connectivity index (χ2n) is 6.85. The van der Waals surface area contributed by atoms with Crippen molar-refractivity contribution in [2.75, 3.05) is 5.32 Å². The van der Waals surface area contributed by atoms with Crippen LogP contribution in [0.25, 0.3) is 0 Å². The number of hydrogen-bond acceptors (Lipinski definition) is 4. The maximum absolute atomic E-state index is 10.8. The fraction of sp³-hybridized carbons (Fsp3) is 0.562. The molecule has 2 atom stereocenters. The Kier molecular flexibility index (Phi) is 4.17. The largest absolute Gasteiger partial charge is 0.381 e. The molecule has 5 heteroatoms. The molecule has 1 aromatic carbocycles. The number of benzene rings is 1. The van der Waals surface area contributed by atoms with Gasteiger partial charge in [0, 0.05) is 18.2 Å². The fourth-order valence-corrected chi connectivity index (χ4v) is 3.54. The number of nitrogens with one attached hydrogen (secondary N) is 1. The SMILES string of the molecule is CC1CC(Nc2ccc([N+](=O)[O-])cc2C#N)CC(C)(C)C1. The van der Waals surface area contributed by atoms with E-state index in [-0.39, 0.29) is 11.1 Å². The molecule has 1 N–H and O–H groups in total. The number of anilines is 1. The molecule has 2 unspecified atom stereocenters. The summed E-state index contributed by atoms with van der Waals surface area (Å²) in [5.74, 6) is 0.634. The van der Waals surface area contributed by atoms with Gasteiger partial charge in [-0.25, -0.2) is 0 Å².